The topological polar surface area (TPSA) is 76.7 Å². The summed E-state index contributed by atoms with van der Waals surface area (Å²) in [6.07, 6.45) is 0. The Morgan fingerprint density at radius 1 is 1.18 bits per heavy atom. The lowest BCUT2D eigenvalue weighted by molar-refractivity contribution is 0.249. The van der Waals surface area contributed by atoms with Crippen LogP contribution in [0.15, 0.2) is 47.6 Å². The molecule has 0 bridgehead atoms. The van der Waals surface area contributed by atoms with Crippen LogP contribution in [0.4, 0.5) is 13.6 Å². The van der Waals surface area contributed by atoms with Gasteiger partial charge in [0.1, 0.15) is 11.6 Å². The number of nitrogens with one attached hydrogen (secondary N) is 1. The molecule has 0 heterocycles. The van der Waals surface area contributed by atoms with E-state index < -0.39 is 17.7 Å². The van der Waals surface area contributed by atoms with Crippen molar-refractivity contribution in [2.45, 2.75) is 6.92 Å². The number of nitrogens with two attached hydrogens (primary N) is 1. The first-order valence-corrected chi connectivity index (χ1v) is 6.29. The van der Waals surface area contributed by atoms with E-state index in [2.05, 4.69) is 10.5 Å². The maximum atomic E-state index is 14.0. The van der Waals surface area contributed by atoms with Gasteiger partial charge in [-0.15, -0.1) is 0 Å². The third-order valence-corrected chi connectivity index (χ3v) is 2.72. The van der Waals surface area contributed by atoms with Crippen molar-refractivity contribution in [3.8, 4) is 11.5 Å². The molecule has 0 fully saturated rings. The number of benzene rings is 2. The second-order valence-corrected chi connectivity index (χ2v) is 4.37. The highest BCUT2D eigenvalue weighted by atomic mass is 19.1. The summed E-state index contributed by atoms with van der Waals surface area (Å²) in [5.74, 6) is -0.716. The molecule has 5 nitrogen and oxygen atoms in total. The molecule has 3 N–H and O–H groups in total. The van der Waals surface area contributed by atoms with E-state index in [0.29, 0.717) is 17.0 Å². The van der Waals surface area contributed by atoms with Gasteiger partial charge < -0.3 is 10.5 Å². The Balaban J connectivity index is 2.17. The number of amides is 2. The summed E-state index contributed by atoms with van der Waals surface area (Å²) in [4.78, 5) is 10.6. The number of ether oxygens (including phenoxy) is 1. The fourth-order valence-corrected chi connectivity index (χ4v) is 1.64. The fourth-order valence-electron chi connectivity index (χ4n) is 1.64. The SMILES string of the molecule is CC(=NNC(N)=O)c1ccc(Oc2ccc(F)cc2)c(F)c1. The van der Waals surface area contributed by atoms with Gasteiger partial charge in [-0.2, -0.15) is 5.10 Å². The molecule has 0 saturated carbocycles. The highest BCUT2D eigenvalue weighted by Gasteiger charge is 2.08. The molecule has 0 atom stereocenters. The van der Waals surface area contributed by atoms with Gasteiger partial charge in [-0.1, -0.05) is 0 Å². The van der Waals surface area contributed by atoms with Crippen LogP contribution in [-0.2, 0) is 0 Å². The largest absolute Gasteiger partial charge is 0.454 e. The Morgan fingerprint density at radius 3 is 2.45 bits per heavy atom. The minimum atomic E-state index is -0.809. The highest BCUT2D eigenvalue weighted by molar-refractivity contribution is 5.99. The van der Waals surface area contributed by atoms with Crippen molar-refractivity contribution in [1.29, 1.82) is 0 Å². The average Bonchev–Trinajstić information content (AvgIpc) is 2.49. The summed E-state index contributed by atoms with van der Waals surface area (Å²) >= 11 is 0. The molecule has 0 aliphatic rings. The van der Waals surface area contributed by atoms with Crippen LogP contribution in [0.25, 0.3) is 0 Å². The summed E-state index contributed by atoms with van der Waals surface area (Å²) in [6, 6.07) is 8.61. The molecule has 0 spiro atoms. The van der Waals surface area contributed by atoms with Crippen LogP contribution >= 0.6 is 0 Å². The Morgan fingerprint density at radius 2 is 1.86 bits per heavy atom. The molecule has 2 rings (SSSR count). The molecule has 0 radical (unpaired) electrons. The maximum Gasteiger partial charge on any atom is 0.332 e. The van der Waals surface area contributed by atoms with Gasteiger partial charge in [-0.3, -0.25) is 0 Å². The average molecular weight is 305 g/mol. The van der Waals surface area contributed by atoms with Crippen LogP contribution in [0.2, 0.25) is 0 Å². The van der Waals surface area contributed by atoms with E-state index in [0.717, 1.165) is 0 Å². The number of carbonyl (C=O) groups is 1. The maximum absolute atomic E-state index is 14.0. The number of hydrazone groups is 1. The first kappa shape index (κ1) is 15.4. The van der Waals surface area contributed by atoms with E-state index in [-0.39, 0.29) is 5.75 Å². The predicted molar refractivity (Wildman–Crippen MR) is 77.8 cm³/mol. The van der Waals surface area contributed by atoms with Gasteiger partial charge in [0, 0.05) is 5.56 Å². The van der Waals surface area contributed by atoms with Crippen LogP contribution in [0.3, 0.4) is 0 Å². The minimum absolute atomic E-state index is 0.00832. The van der Waals surface area contributed by atoms with Crippen molar-refractivity contribution >= 4 is 11.7 Å². The van der Waals surface area contributed by atoms with E-state index in [1.54, 1.807) is 13.0 Å². The monoisotopic (exact) mass is 305 g/mol. The lowest BCUT2D eigenvalue weighted by Crippen LogP contribution is -2.25. The van der Waals surface area contributed by atoms with Gasteiger partial charge in [-0.25, -0.2) is 19.0 Å². The normalized spacial score (nSPS) is 11.1. The number of primary amides is 1. The van der Waals surface area contributed by atoms with Gasteiger partial charge in [0.05, 0.1) is 5.71 Å². The fraction of sp³-hybridized carbons (Fsp3) is 0.0667. The molecule has 114 valence electrons. The van der Waals surface area contributed by atoms with Crippen molar-refractivity contribution in [1.82, 2.24) is 5.43 Å². The minimum Gasteiger partial charge on any atom is -0.454 e. The van der Waals surface area contributed by atoms with E-state index in [9.17, 15) is 13.6 Å². The molecule has 0 aliphatic carbocycles. The molecular weight excluding hydrogens is 292 g/mol. The lowest BCUT2D eigenvalue weighted by atomic mass is 10.1. The van der Waals surface area contributed by atoms with Gasteiger partial charge in [-0.05, 0) is 49.4 Å². The van der Waals surface area contributed by atoms with Crippen molar-refractivity contribution in [3.05, 3.63) is 59.7 Å². The zero-order valence-corrected chi connectivity index (χ0v) is 11.6. The Hall–Kier alpha value is -2.96. The Kier molecular flexibility index (Phi) is 4.67. The van der Waals surface area contributed by atoms with Crippen molar-refractivity contribution in [2.24, 2.45) is 10.8 Å². The third kappa shape index (κ3) is 4.02. The first-order valence-electron chi connectivity index (χ1n) is 6.29. The van der Waals surface area contributed by atoms with Gasteiger partial charge in [0.25, 0.3) is 0 Å². The molecule has 0 aromatic heterocycles. The molecule has 0 unspecified atom stereocenters. The molecule has 22 heavy (non-hydrogen) atoms. The Bertz CT molecular complexity index is 715. The number of hydrogen-bond donors (Lipinski definition) is 2. The van der Waals surface area contributed by atoms with E-state index in [1.807, 2.05) is 0 Å². The Labute approximate surface area is 125 Å². The molecule has 2 aromatic carbocycles. The van der Waals surface area contributed by atoms with Gasteiger partial charge in [0.2, 0.25) is 0 Å². The molecule has 7 heteroatoms. The quantitative estimate of drug-likeness (QED) is 0.672. The first-order chi connectivity index (χ1) is 10.5. The summed E-state index contributed by atoms with van der Waals surface area (Å²) in [6.45, 7) is 1.59. The molecule has 0 aliphatic heterocycles. The molecule has 2 amide bonds. The number of halogens is 2. The van der Waals surface area contributed by atoms with E-state index in [1.165, 1.54) is 36.4 Å². The summed E-state index contributed by atoms with van der Waals surface area (Å²) in [7, 11) is 0. The number of rotatable bonds is 4. The molecule has 0 saturated heterocycles. The zero-order chi connectivity index (χ0) is 16.1. The van der Waals surface area contributed by atoms with Crippen LogP contribution in [0.5, 0.6) is 11.5 Å². The van der Waals surface area contributed by atoms with Crippen LogP contribution in [0, 0.1) is 11.6 Å². The second-order valence-electron chi connectivity index (χ2n) is 4.37. The summed E-state index contributed by atoms with van der Waals surface area (Å²) in [5, 5.41) is 3.70. The zero-order valence-electron chi connectivity index (χ0n) is 11.6. The van der Waals surface area contributed by atoms with Gasteiger partial charge >= 0.3 is 6.03 Å². The van der Waals surface area contributed by atoms with Crippen LogP contribution in [-0.4, -0.2) is 11.7 Å². The van der Waals surface area contributed by atoms with E-state index >= 15 is 0 Å². The third-order valence-electron chi connectivity index (χ3n) is 2.72. The number of hydrogen-bond acceptors (Lipinski definition) is 3. The smallest absolute Gasteiger partial charge is 0.332 e. The molecular formula is C15H13F2N3O2. The number of nitrogens with zero attached hydrogens (tertiary/aromatic N) is 1. The van der Waals surface area contributed by atoms with Gasteiger partial charge in [0.15, 0.2) is 11.6 Å². The van der Waals surface area contributed by atoms with Crippen molar-refractivity contribution in [2.75, 3.05) is 0 Å². The van der Waals surface area contributed by atoms with Crippen LogP contribution in [0.1, 0.15) is 12.5 Å². The number of carbonyl (C=O) groups excluding carboxylic acids is 1. The molecule has 2 aromatic rings. The summed E-state index contributed by atoms with van der Waals surface area (Å²) in [5.41, 5.74) is 7.79. The standard InChI is InChI=1S/C15H13F2N3O2/c1-9(19-20-15(18)21)10-2-7-14(13(17)8-10)22-12-5-3-11(16)4-6-12/h2-8H,1H3,(H3,18,20,21). The van der Waals surface area contributed by atoms with Crippen molar-refractivity contribution < 1.29 is 18.3 Å². The van der Waals surface area contributed by atoms with Crippen LogP contribution < -0.4 is 15.9 Å². The second kappa shape index (κ2) is 6.66. The summed E-state index contributed by atoms with van der Waals surface area (Å²) < 4.78 is 32.1. The predicted octanol–water partition coefficient (Wildman–Crippen LogP) is 3.15. The number of urea groups is 1. The van der Waals surface area contributed by atoms with E-state index in [4.69, 9.17) is 10.5 Å². The van der Waals surface area contributed by atoms with Crippen molar-refractivity contribution in [3.63, 3.8) is 0 Å². The lowest BCUT2D eigenvalue weighted by Gasteiger charge is -2.08. The highest BCUT2D eigenvalue weighted by Crippen LogP contribution is 2.25.